The Morgan fingerprint density at radius 1 is 1.20 bits per heavy atom. The van der Waals surface area contributed by atoms with Crippen LogP contribution in [0.15, 0.2) is 24.3 Å². The van der Waals surface area contributed by atoms with Gasteiger partial charge in [-0.2, -0.15) is 0 Å². The molecule has 0 heterocycles. The van der Waals surface area contributed by atoms with Crippen molar-refractivity contribution in [1.82, 2.24) is 0 Å². The number of benzene rings is 1. The molecular weight excluding hydrogens is 268 g/mol. The molecule has 1 aromatic rings. The summed E-state index contributed by atoms with van der Waals surface area (Å²) in [6, 6.07) is 7.93. The predicted molar refractivity (Wildman–Crippen MR) is 82.5 cm³/mol. The topological polar surface area (TPSA) is 35.5 Å². The lowest BCUT2D eigenvalue weighted by atomic mass is 9.94. The molecule has 0 N–H and O–H groups in total. The molecule has 1 fully saturated rings. The molecule has 110 valence electrons. The second-order valence-corrected chi connectivity index (χ2v) is 10.8. The first-order valence-corrected chi connectivity index (χ1v) is 10.7. The highest BCUT2D eigenvalue weighted by atomic mass is 28.4. The van der Waals surface area contributed by atoms with Crippen LogP contribution in [0.1, 0.15) is 30.9 Å². The van der Waals surface area contributed by atoms with Gasteiger partial charge >= 0.3 is 0 Å². The Kier molecular flexibility index (Phi) is 4.65. The number of ether oxygens (including phenoxy) is 1. The van der Waals surface area contributed by atoms with E-state index < -0.39 is 8.32 Å². The monoisotopic (exact) mass is 292 g/mol. The third kappa shape index (κ3) is 3.70. The molecule has 1 saturated carbocycles. The van der Waals surface area contributed by atoms with Crippen molar-refractivity contribution in [3.8, 4) is 5.75 Å². The number of rotatable bonds is 5. The van der Waals surface area contributed by atoms with Crippen molar-refractivity contribution in [2.24, 2.45) is 5.92 Å². The Labute approximate surface area is 122 Å². The van der Waals surface area contributed by atoms with E-state index in [4.69, 9.17) is 9.16 Å². The third-order valence-electron chi connectivity index (χ3n) is 3.64. The number of hydrogen-bond donors (Lipinski definition) is 0. The molecule has 0 amide bonds. The molecule has 0 bridgehead atoms. The Hall–Kier alpha value is -1.13. The van der Waals surface area contributed by atoms with Gasteiger partial charge in [0.25, 0.3) is 0 Å². The number of Topliss-reactive ketones (excluding diaryl/α,β-unsaturated/α-hetero) is 1. The number of methoxy groups -OCH3 is 1. The molecular formula is C16H24O3Si. The zero-order valence-electron chi connectivity index (χ0n) is 12.8. The standard InChI is InChI=1S/C16H24O3Si/c1-18-13-10-8-12(9-11-13)16(19-20(2,3)4)14-6-5-7-15(14)17/h8-11,14,16H,5-7H2,1-4H3. The molecule has 2 rings (SSSR count). The first-order valence-electron chi connectivity index (χ1n) is 7.25. The first-order chi connectivity index (χ1) is 9.40. The van der Waals surface area contributed by atoms with Crippen molar-refractivity contribution in [3.63, 3.8) is 0 Å². The quantitative estimate of drug-likeness (QED) is 0.771. The number of ketones is 1. The highest BCUT2D eigenvalue weighted by Crippen LogP contribution is 2.38. The van der Waals surface area contributed by atoms with Crippen LogP contribution in [0.2, 0.25) is 19.6 Å². The van der Waals surface area contributed by atoms with Gasteiger partial charge in [0.1, 0.15) is 11.5 Å². The molecule has 2 atom stereocenters. The molecule has 2 unspecified atom stereocenters. The number of hydrogen-bond acceptors (Lipinski definition) is 3. The van der Waals surface area contributed by atoms with Gasteiger partial charge in [-0.25, -0.2) is 0 Å². The summed E-state index contributed by atoms with van der Waals surface area (Å²) in [6.45, 7) is 6.51. The maximum Gasteiger partial charge on any atom is 0.184 e. The van der Waals surface area contributed by atoms with Crippen molar-refractivity contribution < 1.29 is 14.0 Å². The van der Waals surface area contributed by atoms with Crippen molar-refractivity contribution >= 4 is 14.1 Å². The van der Waals surface area contributed by atoms with E-state index in [-0.39, 0.29) is 12.0 Å². The van der Waals surface area contributed by atoms with Crippen LogP contribution in [-0.2, 0) is 9.22 Å². The summed E-state index contributed by atoms with van der Waals surface area (Å²) in [4.78, 5) is 12.1. The molecule has 0 spiro atoms. The van der Waals surface area contributed by atoms with E-state index in [2.05, 4.69) is 19.6 Å². The van der Waals surface area contributed by atoms with Crippen LogP contribution in [-0.4, -0.2) is 21.2 Å². The average Bonchev–Trinajstić information content (AvgIpc) is 2.81. The smallest absolute Gasteiger partial charge is 0.184 e. The Bertz CT molecular complexity index is 462. The fourth-order valence-electron chi connectivity index (χ4n) is 2.72. The van der Waals surface area contributed by atoms with Crippen molar-refractivity contribution in [2.75, 3.05) is 7.11 Å². The van der Waals surface area contributed by atoms with E-state index in [0.29, 0.717) is 12.2 Å². The molecule has 0 saturated heterocycles. The summed E-state index contributed by atoms with van der Waals surface area (Å²) >= 11 is 0. The molecule has 1 aliphatic rings. The van der Waals surface area contributed by atoms with E-state index in [0.717, 1.165) is 24.2 Å². The second kappa shape index (κ2) is 6.10. The Morgan fingerprint density at radius 3 is 2.30 bits per heavy atom. The molecule has 0 aromatic heterocycles. The second-order valence-electron chi connectivity index (χ2n) is 6.39. The van der Waals surface area contributed by atoms with Crippen molar-refractivity contribution in [1.29, 1.82) is 0 Å². The maximum atomic E-state index is 12.1. The summed E-state index contributed by atoms with van der Waals surface area (Å²) in [6.07, 6.45) is 2.54. The zero-order chi connectivity index (χ0) is 14.8. The molecule has 0 radical (unpaired) electrons. The summed E-state index contributed by atoms with van der Waals surface area (Å²) in [5.41, 5.74) is 1.09. The average molecular weight is 292 g/mol. The summed E-state index contributed by atoms with van der Waals surface area (Å²) in [5, 5.41) is 0. The summed E-state index contributed by atoms with van der Waals surface area (Å²) < 4.78 is 11.5. The maximum absolute atomic E-state index is 12.1. The van der Waals surface area contributed by atoms with Crippen LogP contribution in [0.25, 0.3) is 0 Å². The summed E-state index contributed by atoms with van der Waals surface area (Å²) in [7, 11) is -0.0473. The number of carbonyl (C=O) groups is 1. The van der Waals surface area contributed by atoms with E-state index in [1.807, 2.05) is 24.3 Å². The molecule has 1 aromatic carbocycles. The van der Waals surface area contributed by atoms with Crippen LogP contribution in [0.3, 0.4) is 0 Å². The minimum absolute atomic E-state index is 0.0233. The highest BCUT2D eigenvalue weighted by Gasteiger charge is 2.36. The number of carbonyl (C=O) groups excluding carboxylic acids is 1. The SMILES string of the molecule is COc1ccc(C(O[Si](C)(C)C)C2CCCC2=O)cc1. The Balaban J connectivity index is 2.27. The molecule has 0 aliphatic heterocycles. The molecule has 3 nitrogen and oxygen atoms in total. The van der Waals surface area contributed by atoms with Crippen LogP contribution >= 0.6 is 0 Å². The van der Waals surface area contributed by atoms with Gasteiger partial charge in [0, 0.05) is 12.3 Å². The van der Waals surface area contributed by atoms with Gasteiger partial charge in [0.05, 0.1) is 13.2 Å². The van der Waals surface area contributed by atoms with Gasteiger partial charge in [0.15, 0.2) is 8.32 Å². The van der Waals surface area contributed by atoms with E-state index in [1.165, 1.54) is 0 Å². The molecule has 4 heteroatoms. The largest absolute Gasteiger partial charge is 0.497 e. The van der Waals surface area contributed by atoms with Gasteiger partial charge in [-0.1, -0.05) is 12.1 Å². The van der Waals surface area contributed by atoms with Crippen LogP contribution in [0, 0.1) is 5.92 Å². The van der Waals surface area contributed by atoms with E-state index in [9.17, 15) is 4.79 Å². The first kappa shape index (κ1) is 15.3. The molecule has 1 aliphatic carbocycles. The zero-order valence-corrected chi connectivity index (χ0v) is 13.8. The van der Waals surface area contributed by atoms with E-state index >= 15 is 0 Å². The van der Waals surface area contributed by atoms with Gasteiger partial charge in [0.2, 0.25) is 0 Å². The Morgan fingerprint density at radius 2 is 1.85 bits per heavy atom. The highest BCUT2D eigenvalue weighted by molar-refractivity contribution is 6.69. The lowest BCUT2D eigenvalue weighted by Gasteiger charge is -2.30. The van der Waals surface area contributed by atoms with Gasteiger partial charge in [-0.05, 0) is 50.2 Å². The minimum Gasteiger partial charge on any atom is -0.497 e. The lowest BCUT2D eigenvalue weighted by Crippen LogP contribution is -2.32. The van der Waals surface area contributed by atoms with Gasteiger partial charge < -0.3 is 9.16 Å². The lowest BCUT2D eigenvalue weighted by molar-refractivity contribution is -0.123. The van der Waals surface area contributed by atoms with Gasteiger partial charge in [-0.15, -0.1) is 0 Å². The van der Waals surface area contributed by atoms with Gasteiger partial charge in [-0.3, -0.25) is 4.79 Å². The third-order valence-corrected chi connectivity index (χ3v) is 4.60. The minimum atomic E-state index is -1.71. The fourth-order valence-corrected chi connectivity index (χ4v) is 3.78. The van der Waals surface area contributed by atoms with Crippen molar-refractivity contribution in [3.05, 3.63) is 29.8 Å². The van der Waals surface area contributed by atoms with Crippen LogP contribution < -0.4 is 4.74 Å². The normalized spacial score (nSPS) is 21.0. The van der Waals surface area contributed by atoms with Crippen LogP contribution in [0.4, 0.5) is 0 Å². The van der Waals surface area contributed by atoms with Crippen LogP contribution in [0.5, 0.6) is 5.75 Å². The predicted octanol–water partition coefficient (Wildman–Crippen LogP) is 3.96. The van der Waals surface area contributed by atoms with E-state index in [1.54, 1.807) is 7.11 Å². The van der Waals surface area contributed by atoms with Crippen molar-refractivity contribution in [2.45, 2.75) is 45.0 Å². The molecule has 20 heavy (non-hydrogen) atoms. The summed E-state index contributed by atoms with van der Waals surface area (Å²) in [5.74, 6) is 1.21. The fraction of sp³-hybridized carbons (Fsp3) is 0.562.